The molecule has 0 bridgehead atoms. The summed E-state index contributed by atoms with van der Waals surface area (Å²) in [6.07, 6.45) is 2.42. The molecule has 3 aromatic rings. The van der Waals surface area contributed by atoms with Gasteiger partial charge in [0.15, 0.2) is 0 Å². The van der Waals surface area contributed by atoms with Crippen LogP contribution in [0.25, 0.3) is 10.9 Å². The predicted molar refractivity (Wildman–Crippen MR) is 94.0 cm³/mol. The van der Waals surface area contributed by atoms with E-state index < -0.39 is 0 Å². The molecular weight excluding hydrogens is 373 g/mol. The molecular formula is C17H14IN3. The molecule has 3 nitrogen and oxygen atoms in total. The maximum absolute atomic E-state index is 4.76. The normalized spacial score (nSPS) is 14.3. The van der Waals surface area contributed by atoms with Gasteiger partial charge in [-0.15, -0.1) is 0 Å². The topological polar surface area (TPSA) is 37.8 Å². The maximum Gasteiger partial charge on any atom is 0.142 e. The molecule has 0 radical (unpaired) electrons. The molecule has 1 aliphatic rings. The van der Waals surface area contributed by atoms with E-state index in [1.54, 1.807) is 0 Å². The van der Waals surface area contributed by atoms with Gasteiger partial charge in [-0.05, 0) is 71.8 Å². The number of nitrogens with one attached hydrogen (secondary N) is 1. The van der Waals surface area contributed by atoms with Crippen molar-refractivity contribution in [3.8, 4) is 0 Å². The SMILES string of the molecule is Ic1ccc(Nc2nc(C3CC3)nc3ccccc23)cc1. The second-order valence-corrected chi connectivity index (χ2v) is 6.60. The first-order valence-corrected chi connectivity index (χ1v) is 8.17. The average molecular weight is 387 g/mol. The van der Waals surface area contributed by atoms with Crippen molar-refractivity contribution < 1.29 is 0 Å². The molecule has 2 aromatic carbocycles. The summed E-state index contributed by atoms with van der Waals surface area (Å²) in [6, 6.07) is 16.5. The van der Waals surface area contributed by atoms with Crippen LogP contribution in [0.3, 0.4) is 0 Å². The van der Waals surface area contributed by atoms with Crippen LogP contribution in [0.5, 0.6) is 0 Å². The van der Waals surface area contributed by atoms with Gasteiger partial charge in [0.05, 0.1) is 5.52 Å². The van der Waals surface area contributed by atoms with Crippen molar-refractivity contribution in [3.63, 3.8) is 0 Å². The van der Waals surface area contributed by atoms with E-state index in [1.807, 2.05) is 12.1 Å². The van der Waals surface area contributed by atoms with Gasteiger partial charge >= 0.3 is 0 Å². The van der Waals surface area contributed by atoms with E-state index in [1.165, 1.54) is 16.4 Å². The molecule has 1 aromatic heterocycles. The lowest BCUT2D eigenvalue weighted by Crippen LogP contribution is -2.00. The molecule has 1 fully saturated rings. The lowest BCUT2D eigenvalue weighted by molar-refractivity contribution is 0.951. The Balaban J connectivity index is 1.80. The van der Waals surface area contributed by atoms with Crippen molar-refractivity contribution in [1.82, 2.24) is 9.97 Å². The van der Waals surface area contributed by atoms with E-state index in [2.05, 4.69) is 64.3 Å². The second kappa shape index (κ2) is 5.26. The number of aromatic nitrogens is 2. The summed E-state index contributed by atoms with van der Waals surface area (Å²) >= 11 is 2.31. The highest BCUT2D eigenvalue weighted by atomic mass is 127. The van der Waals surface area contributed by atoms with Gasteiger partial charge in [0, 0.05) is 20.6 Å². The maximum atomic E-state index is 4.76. The van der Waals surface area contributed by atoms with E-state index >= 15 is 0 Å². The molecule has 4 heteroatoms. The summed E-state index contributed by atoms with van der Waals surface area (Å²) < 4.78 is 1.23. The van der Waals surface area contributed by atoms with Gasteiger partial charge in [-0.3, -0.25) is 0 Å². The third kappa shape index (κ3) is 2.72. The number of halogens is 1. The number of anilines is 2. The van der Waals surface area contributed by atoms with Crippen molar-refractivity contribution in [2.75, 3.05) is 5.32 Å². The van der Waals surface area contributed by atoms with Crippen LogP contribution in [0.1, 0.15) is 24.6 Å². The van der Waals surface area contributed by atoms with Gasteiger partial charge < -0.3 is 5.32 Å². The summed E-state index contributed by atoms with van der Waals surface area (Å²) in [5.41, 5.74) is 2.07. The molecule has 1 heterocycles. The van der Waals surface area contributed by atoms with Gasteiger partial charge in [0.2, 0.25) is 0 Å². The highest BCUT2D eigenvalue weighted by molar-refractivity contribution is 14.1. The number of para-hydroxylation sites is 1. The van der Waals surface area contributed by atoms with Crippen LogP contribution in [-0.4, -0.2) is 9.97 Å². The van der Waals surface area contributed by atoms with Gasteiger partial charge in [0.25, 0.3) is 0 Å². The fraction of sp³-hybridized carbons (Fsp3) is 0.176. The molecule has 104 valence electrons. The Morgan fingerprint density at radius 1 is 0.952 bits per heavy atom. The predicted octanol–water partition coefficient (Wildman–Crippen LogP) is 4.86. The first kappa shape index (κ1) is 13.0. The molecule has 0 unspecified atom stereocenters. The Labute approximate surface area is 137 Å². The van der Waals surface area contributed by atoms with Crippen LogP contribution in [0.4, 0.5) is 11.5 Å². The summed E-state index contributed by atoms with van der Waals surface area (Å²) in [4.78, 5) is 9.46. The van der Waals surface area contributed by atoms with Crippen molar-refractivity contribution >= 4 is 45.0 Å². The fourth-order valence-corrected chi connectivity index (χ4v) is 2.74. The van der Waals surface area contributed by atoms with E-state index in [0.29, 0.717) is 5.92 Å². The van der Waals surface area contributed by atoms with E-state index in [9.17, 15) is 0 Å². The van der Waals surface area contributed by atoms with Crippen LogP contribution in [-0.2, 0) is 0 Å². The van der Waals surface area contributed by atoms with Crippen molar-refractivity contribution in [2.24, 2.45) is 0 Å². The number of rotatable bonds is 3. The highest BCUT2D eigenvalue weighted by Crippen LogP contribution is 2.39. The van der Waals surface area contributed by atoms with Crippen LogP contribution in [0.2, 0.25) is 0 Å². The third-order valence-corrected chi connectivity index (χ3v) is 4.39. The standard InChI is InChI=1S/C17H14IN3/c18-12-7-9-13(10-8-12)19-17-14-3-1-2-4-15(14)20-16(21-17)11-5-6-11/h1-4,7-11H,5-6H2,(H,19,20,21). The van der Waals surface area contributed by atoms with Crippen LogP contribution in [0.15, 0.2) is 48.5 Å². The minimum atomic E-state index is 0.548. The van der Waals surface area contributed by atoms with E-state index in [-0.39, 0.29) is 0 Å². The Kier molecular flexibility index (Phi) is 3.25. The summed E-state index contributed by atoms with van der Waals surface area (Å²) in [5, 5.41) is 4.51. The van der Waals surface area contributed by atoms with Crippen LogP contribution in [0, 0.1) is 3.57 Å². The molecule has 0 saturated heterocycles. The molecule has 0 atom stereocenters. The largest absolute Gasteiger partial charge is 0.340 e. The highest BCUT2D eigenvalue weighted by Gasteiger charge is 2.27. The van der Waals surface area contributed by atoms with Gasteiger partial charge in [0.1, 0.15) is 11.6 Å². The van der Waals surface area contributed by atoms with Crippen molar-refractivity contribution in [3.05, 3.63) is 57.9 Å². The molecule has 21 heavy (non-hydrogen) atoms. The number of hydrogen-bond donors (Lipinski definition) is 1. The van der Waals surface area contributed by atoms with Crippen LogP contribution >= 0.6 is 22.6 Å². The number of benzene rings is 2. The zero-order valence-electron chi connectivity index (χ0n) is 11.4. The Morgan fingerprint density at radius 2 is 1.71 bits per heavy atom. The summed E-state index contributed by atoms with van der Waals surface area (Å²) in [5.74, 6) is 2.43. The average Bonchev–Trinajstić information content (AvgIpc) is 3.34. The minimum Gasteiger partial charge on any atom is -0.340 e. The molecule has 1 N–H and O–H groups in total. The Morgan fingerprint density at radius 3 is 2.48 bits per heavy atom. The smallest absolute Gasteiger partial charge is 0.142 e. The Hall–Kier alpha value is -1.69. The number of nitrogens with zero attached hydrogens (tertiary/aromatic N) is 2. The van der Waals surface area contributed by atoms with Crippen LogP contribution < -0.4 is 5.32 Å². The summed E-state index contributed by atoms with van der Waals surface area (Å²) in [7, 11) is 0. The molecule has 1 aliphatic carbocycles. The quantitative estimate of drug-likeness (QED) is 0.653. The first-order valence-electron chi connectivity index (χ1n) is 7.09. The monoisotopic (exact) mass is 387 g/mol. The lowest BCUT2D eigenvalue weighted by atomic mass is 10.2. The lowest BCUT2D eigenvalue weighted by Gasteiger charge is -2.10. The minimum absolute atomic E-state index is 0.548. The van der Waals surface area contributed by atoms with Crippen molar-refractivity contribution in [2.45, 2.75) is 18.8 Å². The van der Waals surface area contributed by atoms with Gasteiger partial charge in [-0.25, -0.2) is 9.97 Å². The molecule has 4 rings (SSSR count). The van der Waals surface area contributed by atoms with E-state index in [0.717, 1.165) is 28.2 Å². The fourth-order valence-electron chi connectivity index (χ4n) is 2.38. The zero-order valence-corrected chi connectivity index (χ0v) is 13.5. The number of fused-ring (bicyclic) bond motifs is 1. The zero-order chi connectivity index (χ0) is 14.2. The first-order chi connectivity index (χ1) is 10.3. The van der Waals surface area contributed by atoms with Gasteiger partial charge in [-0.1, -0.05) is 12.1 Å². The molecule has 0 spiro atoms. The Bertz CT molecular complexity index is 795. The van der Waals surface area contributed by atoms with Gasteiger partial charge in [-0.2, -0.15) is 0 Å². The van der Waals surface area contributed by atoms with E-state index in [4.69, 9.17) is 9.97 Å². The summed E-state index contributed by atoms with van der Waals surface area (Å²) in [6.45, 7) is 0. The third-order valence-electron chi connectivity index (χ3n) is 3.67. The molecule has 0 amide bonds. The second-order valence-electron chi connectivity index (χ2n) is 5.35. The molecule has 0 aliphatic heterocycles. The van der Waals surface area contributed by atoms with Crippen molar-refractivity contribution in [1.29, 1.82) is 0 Å². The number of hydrogen-bond acceptors (Lipinski definition) is 3. The molecule has 1 saturated carbocycles.